The highest BCUT2D eigenvalue weighted by atomic mass is 32.2. The van der Waals surface area contributed by atoms with Gasteiger partial charge in [-0.3, -0.25) is 9.52 Å². The largest absolute Gasteiger partial charge is 0.481 e. The van der Waals surface area contributed by atoms with Crippen LogP contribution in [0, 0.1) is 0 Å². The molecule has 2 aromatic carbocycles. The summed E-state index contributed by atoms with van der Waals surface area (Å²) < 4.78 is 33.6. The first kappa shape index (κ1) is 28.4. The Balaban J connectivity index is 2.23. The molecule has 196 valence electrons. The third-order valence-corrected chi connectivity index (χ3v) is 5.93. The maximum Gasteiger partial charge on any atom is 0.408 e. The molecule has 0 saturated heterocycles. The Morgan fingerprint density at radius 1 is 1.03 bits per heavy atom. The maximum atomic E-state index is 13.0. The molecule has 1 unspecified atom stereocenters. The predicted molar refractivity (Wildman–Crippen MR) is 135 cm³/mol. The molecular formula is C24H32N4O7S. The second-order valence-corrected chi connectivity index (χ2v) is 10.6. The van der Waals surface area contributed by atoms with Crippen LogP contribution in [-0.4, -0.2) is 43.8 Å². The van der Waals surface area contributed by atoms with Gasteiger partial charge in [0.05, 0.1) is 17.4 Å². The molecule has 5 N–H and O–H groups in total. The molecule has 0 aliphatic heterocycles. The molecule has 0 radical (unpaired) electrons. The third kappa shape index (κ3) is 9.45. The second-order valence-electron chi connectivity index (χ2n) is 8.94. The summed E-state index contributed by atoms with van der Waals surface area (Å²) in [4.78, 5) is 35.4. The highest BCUT2D eigenvalue weighted by Gasteiger charge is 2.23. The average Bonchev–Trinajstić information content (AvgIpc) is 2.76. The Bertz CT molecular complexity index is 1190. The Morgan fingerprint density at radius 2 is 1.69 bits per heavy atom. The first-order valence-electron chi connectivity index (χ1n) is 11.3. The fraction of sp³-hybridized carbons (Fsp3) is 0.375. The average molecular weight is 521 g/mol. The van der Waals surface area contributed by atoms with E-state index in [1.807, 2.05) is 6.92 Å². The molecule has 2 aromatic rings. The Kier molecular flexibility index (Phi) is 9.68. The van der Waals surface area contributed by atoms with Crippen molar-refractivity contribution in [2.45, 2.75) is 57.1 Å². The predicted octanol–water partition coefficient (Wildman–Crippen LogP) is 4.06. The molecule has 0 fully saturated rings. The normalized spacial score (nSPS) is 12.2. The summed E-state index contributed by atoms with van der Waals surface area (Å²) in [6.45, 7) is 7.42. The summed E-state index contributed by atoms with van der Waals surface area (Å²) in [5.41, 5.74) is 0.0396. The zero-order chi connectivity index (χ0) is 26.9. The van der Waals surface area contributed by atoms with E-state index in [2.05, 4.69) is 20.7 Å². The SMILES string of the molecule is CCCNC(=O)Nc1cccc(S(=O)(=O)Nc2cccc(C(CC(=O)O)NC(=O)OC(C)(C)C)c2)c1. The number of alkyl carbamates (subject to hydrolysis) is 1. The lowest BCUT2D eigenvalue weighted by atomic mass is 10.0. The van der Waals surface area contributed by atoms with E-state index in [9.17, 15) is 27.9 Å². The first-order chi connectivity index (χ1) is 16.8. The van der Waals surface area contributed by atoms with Gasteiger partial charge in [0.2, 0.25) is 0 Å². The Labute approximate surface area is 210 Å². The van der Waals surface area contributed by atoms with Crippen LogP contribution >= 0.6 is 0 Å². The van der Waals surface area contributed by atoms with Gasteiger partial charge in [0, 0.05) is 17.9 Å². The standard InChI is InChI=1S/C24H32N4O7S/c1-5-12-25-22(31)26-17-9-7-11-19(14-17)36(33,34)28-18-10-6-8-16(13-18)20(15-21(29)30)27-23(32)35-24(2,3)4/h6-11,13-14,20,28H,5,12,15H2,1-4H3,(H,27,32)(H,29,30)(H2,25,26,31). The van der Waals surface area contributed by atoms with E-state index in [-0.39, 0.29) is 10.6 Å². The van der Waals surface area contributed by atoms with Gasteiger partial charge >= 0.3 is 18.1 Å². The van der Waals surface area contributed by atoms with Crippen LogP contribution in [0.1, 0.15) is 52.1 Å². The molecule has 0 bridgehead atoms. The fourth-order valence-electron chi connectivity index (χ4n) is 3.06. The number of sulfonamides is 1. The monoisotopic (exact) mass is 520 g/mol. The molecule has 0 aliphatic carbocycles. The van der Waals surface area contributed by atoms with Crippen LogP contribution in [-0.2, 0) is 19.6 Å². The lowest BCUT2D eigenvalue weighted by molar-refractivity contribution is -0.137. The van der Waals surface area contributed by atoms with Crippen molar-refractivity contribution < 1.29 is 32.6 Å². The summed E-state index contributed by atoms with van der Waals surface area (Å²) in [6, 6.07) is 10.4. The van der Waals surface area contributed by atoms with Crippen molar-refractivity contribution in [3.8, 4) is 0 Å². The van der Waals surface area contributed by atoms with Gasteiger partial charge in [-0.25, -0.2) is 18.0 Å². The molecule has 3 amide bonds. The number of carboxylic acid groups (broad SMARTS) is 1. The van der Waals surface area contributed by atoms with Crippen LogP contribution < -0.4 is 20.7 Å². The number of carbonyl (C=O) groups is 3. The zero-order valence-electron chi connectivity index (χ0n) is 20.6. The second kappa shape index (κ2) is 12.2. The first-order valence-corrected chi connectivity index (χ1v) is 12.8. The van der Waals surface area contributed by atoms with Crippen molar-refractivity contribution in [1.29, 1.82) is 0 Å². The van der Waals surface area contributed by atoms with E-state index in [4.69, 9.17) is 4.74 Å². The van der Waals surface area contributed by atoms with Gasteiger partial charge in [0.15, 0.2) is 0 Å². The van der Waals surface area contributed by atoms with Crippen LogP contribution in [0.25, 0.3) is 0 Å². The van der Waals surface area contributed by atoms with Gasteiger partial charge in [-0.05, 0) is 63.1 Å². The minimum Gasteiger partial charge on any atom is -0.481 e. The lowest BCUT2D eigenvalue weighted by Crippen LogP contribution is -2.35. The van der Waals surface area contributed by atoms with Gasteiger partial charge in [0.25, 0.3) is 10.0 Å². The molecule has 2 rings (SSSR count). The summed E-state index contributed by atoms with van der Waals surface area (Å²) in [5.74, 6) is -1.16. The molecule has 0 heterocycles. The molecule has 11 nitrogen and oxygen atoms in total. The smallest absolute Gasteiger partial charge is 0.408 e. The summed E-state index contributed by atoms with van der Waals surface area (Å²) in [7, 11) is -4.05. The van der Waals surface area contributed by atoms with E-state index in [0.717, 1.165) is 6.42 Å². The molecule has 0 aliphatic rings. The van der Waals surface area contributed by atoms with Crippen LogP contribution in [0.2, 0.25) is 0 Å². The van der Waals surface area contributed by atoms with Crippen molar-refractivity contribution in [3.63, 3.8) is 0 Å². The summed E-state index contributed by atoms with van der Waals surface area (Å²) in [5, 5.41) is 17.0. The highest BCUT2D eigenvalue weighted by Crippen LogP contribution is 2.24. The molecule has 1 atom stereocenters. The molecule has 0 aromatic heterocycles. The number of aliphatic carboxylic acids is 1. The van der Waals surface area contributed by atoms with E-state index >= 15 is 0 Å². The summed E-state index contributed by atoms with van der Waals surface area (Å²) in [6.07, 6.45) is -0.485. The molecule has 36 heavy (non-hydrogen) atoms. The number of amides is 3. The van der Waals surface area contributed by atoms with Gasteiger partial charge < -0.3 is 25.8 Å². The number of anilines is 2. The van der Waals surface area contributed by atoms with Gasteiger partial charge in [-0.15, -0.1) is 0 Å². The topological polar surface area (TPSA) is 163 Å². The Hall–Kier alpha value is -3.80. The van der Waals surface area contributed by atoms with Crippen molar-refractivity contribution in [1.82, 2.24) is 10.6 Å². The minimum absolute atomic E-state index is 0.0878. The zero-order valence-corrected chi connectivity index (χ0v) is 21.4. The van der Waals surface area contributed by atoms with Crippen molar-refractivity contribution in [2.24, 2.45) is 0 Å². The van der Waals surface area contributed by atoms with Gasteiger partial charge in [-0.2, -0.15) is 0 Å². The van der Waals surface area contributed by atoms with E-state index in [1.165, 1.54) is 36.4 Å². The highest BCUT2D eigenvalue weighted by molar-refractivity contribution is 7.92. The number of nitrogens with one attached hydrogen (secondary N) is 4. The molecule has 12 heteroatoms. The van der Waals surface area contributed by atoms with E-state index in [0.29, 0.717) is 17.8 Å². The number of carboxylic acids is 1. The summed E-state index contributed by atoms with van der Waals surface area (Å²) >= 11 is 0. The molecular weight excluding hydrogens is 488 g/mol. The number of carbonyl (C=O) groups excluding carboxylic acids is 2. The number of benzene rings is 2. The quantitative estimate of drug-likeness (QED) is 0.315. The van der Waals surface area contributed by atoms with E-state index in [1.54, 1.807) is 32.9 Å². The van der Waals surface area contributed by atoms with Crippen molar-refractivity contribution in [3.05, 3.63) is 54.1 Å². The molecule has 0 saturated carbocycles. The van der Waals surface area contributed by atoms with Crippen LogP contribution in [0.15, 0.2) is 53.4 Å². The molecule has 0 spiro atoms. The Morgan fingerprint density at radius 3 is 2.33 bits per heavy atom. The number of urea groups is 1. The van der Waals surface area contributed by atoms with Crippen molar-refractivity contribution >= 4 is 39.5 Å². The van der Waals surface area contributed by atoms with Crippen LogP contribution in [0.4, 0.5) is 21.0 Å². The van der Waals surface area contributed by atoms with Gasteiger partial charge in [0.1, 0.15) is 5.60 Å². The fourth-order valence-corrected chi connectivity index (χ4v) is 4.16. The maximum absolute atomic E-state index is 13.0. The van der Waals surface area contributed by atoms with Crippen LogP contribution in [0.3, 0.4) is 0 Å². The minimum atomic E-state index is -4.05. The number of ether oxygens (including phenoxy) is 1. The number of hydrogen-bond donors (Lipinski definition) is 5. The van der Waals surface area contributed by atoms with Crippen molar-refractivity contribution in [2.75, 3.05) is 16.6 Å². The van der Waals surface area contributed by atoms with Crippen LogP contribution in [0.5, 0.6) is 0 Å². The number of rotatable bonds is 10. The van der Waals surface area contributed by atoms with E-state index < -0.39 is 46.2 Å². The lowest BCUT2D eigenvalue weighted by Gasteiger charge is -2.23. The third-order valence-electron chi connectivity index (χ3n) is 4.55. The van der Waals surface area contributed by atoms with Gasteiger partial charge in [-0.1, -0.05) is 25.1 Å². The number of hydrogen-bond acceptors (Lipinski definition) is 6.